The predicted octanol–water partition coefficient (Wildman–Crippen LogP) is 2.56. The Bertz CT molecular complexity index is 346. The molecule has 1 heterocycles. The van der Waals surface area contributed by atoms with Crippen LogP contribution in [0, 0.1) is 6.92 Å². The molecule has 1 unspecified atom stereocenters. The molecule has 1 aliphatic heterocycles. The third-order valence-electron chi connectivity index (χ3n) is 3.01. The third kappa shape index (κ3) is 2.89. The Hall–Kier alpha value is -1.22. The standard InChI is InChI=1S/C13H20N2O/c1-10-4-5-12(14)13(9-10)15-7-6-11-3-2-8-16-11/h4-5,9,11,15H,2-3,6-8,14H2,1H3. The number of nitrogen functional groups attached to an aromatic ring is 1. The lowest BCUT2D eigenvalue weighted by Gasteiger charge is -2.13. The highest BCUT2D eigenvalue weighted by molar-refractivity contribution is 5.66. The summed E-state index contributed by atoms with van der Waals surface area (Å²) in [5, 5.41) is 3.38. The Morgan fingerprint density at radius 1 is 1.50 bits per heavy atom. The number of ether oxygens (including phenoxy) is 1. The van der Waals surface area contributed by atoms with Crippen molar-refractivity contribution >= 4 is 11.4 Å². The van der Waals surface area contributed by atoms with Crippen molar-refractivity contribution in [3.8, 4) is 0 Å². The van der Waals surface area contributed by atoms with E-state index in [9.17, 15) is 0 Å². The van der Waals surface area contributed by atoms with Gasteiger partial charge in [-0.25, -0.2) is 0 Å². The number of nitrogens with one attached hydrogen (secondary N) is 1. The molecular weight excluding hydrogens is 200 g/mol. The summed E-state index contributed by atoms with van der Waals surface area (Å²) in [6.45, 7) is 3.93. The maximum absolute atomic E-state index is 5.89. The van der Waals surface area contributed by atoms with Crippen LogP contribution >= 0.6 is 0 Å². The molecule has 0 aliphatic carbocycles. The van der Waals surface area contributed by atoms with Crippen LogP contribution in [0.1, 0.15) is 24.8 Å². The minimum absolute atomic E-state index is 0.443. The summed E-state index contributed by atoms with van der Waals surface area (Å²) in [7, 11) is 0. The molecule has 16 heavy (non-hydrogen) atoms. The van der Waals surface area contributed by atoms with Gasteiger partial charge in [-0.15, -0.1) is 0 Å². The Labute approximate surface area is 97.0 Å². The molecule has 0 bridgehead atoms. The molecule has 1 aromatic rings. The lowest BCUT2D eigenvalue weighted by molar-refractivity contribution is 0.107. The van der Waals surface area contributed by atoms with Crippen LogP contribution in [0.25, 0.3) is 0 Å². The van der Waals surface area contributed by atoms with Crippen LogP contribution in [-0.4, -0.2) is 19.3 Å². The molecule has 3 N–H and O–H groups in total. The minimum Gasteiger partial charge on any atom is -0.397 e. The average molecular weight is 220 g/mol. The van der Waals surface area contributed by atoms with E-state index < -0.39 is 0 Å². The van der Waals surface area contributed by atoms with Gasteiger partial charge >= 0.3 is 0 Å². The van der Waals surface area contributed by atoms with Crippen molar-refractivity contribution in [1.29, 1.82) is 0 Å². The Morgan fingerprint density at radius 2 is 2.38 bits per heavy atom. The zero-order valence-corrected chi connectivity index (χ0v) is 9.83. The molecule has 0 aromatic heterocycles. The van der Waals surface area contributed by atoms with E-state index in [1.807, 2.05) is 12.1 Å². The lowest BCUT2D eigenvalue weighted by Crippen LogP contribution is -2.13. The summed E-state index contributed by atoms with van der Waals surface area (Å²) < 4.78 is 5.57. The van der Waals surface area contributed by atoms with Gasteiger partial charge in [-0.2, -0.15) is 0 Å². The first-order chi connectivity index (χ1) is 7.75. The van der Waals surface area contributed by atoms with Crippen molar-refractivity contribution in [1.82, 2.24) is 0 Å². The van der Waals surface area contributed by atoms with E-state index in [0.29, 0.717) is 6.10 Å². The van der Waals surface area contributed by atoms with E-state index >= 15 is 0 Å². The number of hydrogen-bond acceptors (Lipinski definition) is 3. The monoisotopic (exact) mass is 220 g/mol. The molecule has 0 radical (unpaired) electrons. The maximum Gasteiger partial charge on any atom is 0.0592 e. The average Bonchev–Trinajstić information content (AvgIpc) is 2.76. The molecule has 1 fully saturated rings. The molecule has 2 rings (SSSR count). The van der Waals surface area contributed by atoms with Crippen molar-refractivity contribution in [3.05, 3.63) is 23.8 Å². The summed E-state index contributed by atoms with van der Waals surface area (Å²) in [6, 6.07) is 6.06. The van der Waals surface area contributed by atoms with Gasteiger partial charge in [0.05, 0.1) is 17.5 Å². The van der Waals surface area contributed by atoms with Gasteiger partial charge in [0.2, 0.25) is 0 Å². The van der Waals surface area contributed by atoms with Gasteiger partial charge in [0.25, 0.3) is 0 Å². The molecule has 1 aliphatic rings. The molecule has 1 saturated heterocycles. The summed E-state index contributed by atoms with van der Waals surface area (Å²) in [5.74, 6) is 0. The molecule has 0 amide bonds. The summed E-state index contributed by atoms with van der Waals surface area (Å²) >= 11 is 0. The third-order valence-corrected chi connectivity index (χ3v) is 3.01. The van der Waals surface area contributed by atoms with Gasteiger partial charge in [0.15, 0.2) is 0 Å². The smallest absolute Gasteiger partial charge is 0.0592 e. The summed E-state index contributed by atoms with van der Waals surface area (Å²) in [4.78, 5) is 0. The van der Waals surface area contributed by atoms with Crippen LogP contribution in [0.2, 0.25) is 0 Å². The van der Waals surface area contributed by atoms with Crippen LogP contribution in [0.3, 0.4) is 0 Å². The van der Waals surface area contributed by atoms with Crippen molar-refractivity contribution < 1.29 is 4.74 Å². The Morgan fingerprint density at radius 3 is 3.12 bits per heavy atom. The predicted molar refractivity (Wildman–Crippen MR) is 67.7 cm³/mol. The van der Waals surface area contributed by atoms with E-state index in [2.05, 4.69) is 18.3 Å². The van der Waals surface area contributed by atoms with Gasteiger partial charge in [-0.1, -0.05) is 6.07 Å². The quantitative estimate of drug-likeness (QED) is 0.767. The van der Waals surface area contributed by atoms with Crippen LogP contribution in [0.4, 0.5) is 11.4 Å². The van der Waals surface area contributed by atoms with Gasteiger partial charge < -0.3 is 15.8 Å². The first kappa shape index (κ1) is 11.3. The normalized spacial score (nSPS) is 19.9. The molecule has 0 spiro atoms. The number of nitrogens with two attached hydrogens (primary N) is 1. The topological polar surface area (TPSA) is 47.3 Å². The van der Waals surface area contributed by atoms with Crippen molar-refractivity contribution in [2.45, 2.75) is 32.3 Å². The largest absolute Gasteiger partial charge is 0.397 e. The second-order valence-corrected chi connectivity index (χ2v) is 4.44. The number of benzene rings is 1. The summed E-state index contributed by atoms with van der Waals surface area (Å²) in [6.07, 6.45) is 3.91. The molecule has 88 valence electrons. The SMILES string of the molecule is Cc1ccc(N)c(NCCC2CCCO2)c1. The van der Waals surface area contributed by atoms with E-state index in [0.717, 1.165) is 30.9 Å². The first-order valence-corrected chi connectivity index (χ1v) is 5.97. The Kier molecular flexibility index (Phi) is 3.67. The van der Waals surface area contributed by atoms with Gasteiger partial charge in [0.1, 0.15) is 0 Å². The van der Waals surface area contributed by atoms with Crippen LogP contribution in [-0.2, 0) is 4.74 Å². The molecule has 3 heteroatoms. The van der Waals surface area contributed by atoms with E-state index in [1.54, 1.807) is 0 Å². The highest BCUT2D eigenvalue weighted by Crippen LogP contribution is 2.20. The second-order valence-electron chi connectivity index (χ2n) is 4.44. The zero-order valence-electron chi connectivity index (χ0n) is 9.83. The van der Waals surface area contributed by atoms with Crippen LogP contribution in [0.5, 0.6) is 0 Å². The fourth-order valence-electron chi connectivity index (χ4n) is 2.06. The highest BCUT2D eigenvalue weighted by atomic mass is 16.5. The van der Waals surface area contributed by atoms with Gasteiger partial charge in [-0.3, -0.25) is 0 Å². The molecule has 3 nitrogen and oxygen atoms in total. The van der Waals surface area contributed by atoms with Crippen LogP contribution in [0.15, 0.2) is 18.2 Å². The lowest BCUT2D eigenvalue weighted by atomic mass is 10.1. The minimum atomic E-state index is 0.443. The molecule has 1 atom stereocenters. The van der Waals surface area contributed by atoms with E-state index in [4.69, 9.17) is 10.5 Å². The molecule has 0 saturated carbocycles. The Balaban J connectivity index is 1.82. The first-order valence-electron chi connectivity index (χ1n) is 5.97. The van der Waals surface area contributed by atoms with Gasteiger partial charge in [0, 0.05) is 13.2 Å². The number of aryl methyl sites for hydroxylation is 1. The number of hydrogen-bond donors (Lipinski definition) is 2. The fraction of sp³-hybridized carbons (Fsp3) is 0.538. The highest BCUT2D eigenvalue weighted by Gasteiger charge is 2.14. The molecule has 1 aromatic carbocycles. The van der Waals surface area contributed by atoms with E-state index in [1.165, 1.54) is 18.4 Å². The number of rotatable bonds is 4. The fourth-order valence-corrected chi connectivity index (χ4v) is 2.06. The van der Waals surface area contributed by atoms with Gasteiger partial charge in [-0.05, 0) is 43.9 Å². The summed E-state index contributed by atoms with van der Waals surface area (Å²) in [5.41, 5.74) is 8.98. The molecular formula is C13H20N2O. The van der Waals surface area contributed by atoms with Crippen LogP contribution < -0.4 is 11.1 Å². The zero-order chi connectivity index (χ0) is 11.4. The number of anilines is 2. The maximum atomic E-state index is 5.89. The second kappa shape index (κ2) is 5.21. The van der Waals surface area contributed by atoms with Crippen molar-refractivity contribution in [3.63, 3.8) is 0 Å². The van der Waals surface area contributed by atoms with Crippen molar-refractivity contribution in [2.75, 3.05) is 24.2 Å². The van der Waals surface area contributed by atoms with E-state index in [-0.39, 0.29) is 0 Å². The van der Waals surface area contributed by atoms with Crippen molar-refractivity contribution in [2.24, 2.45) is 0 Å².